The first-order valence-electron chi connectivity index (χ1n) is 21.4. The van der Waals surface area contributed by atoms with Crippen molar-refractivity contribution >= 4 is 92.7 Å². The maximum atomic E-state index is 2.46. The first-order chi connectivity index (χ1) is 30.8. The fraction of sp³-hybridized carbons (Fsp3) is 0. The zero-order valence-corrected chi connectivity index (χ0v) is 33.8. The number of nitrogens with zero attached hydrogens (tertiary/aromatic N) is 2. The lowest BCUT2D eigenvalue weighted by Gasteiger charge is -2.25. The van der Waals surface area contributed by atoms with Gasteiger partial charge >= 0.3 is 0 Å². The Hall–Kier alpha value is -8.20. The molecule has 0 amide bonds. The molecule has 0 N–H and O–H groups in total. The van der Waals surface area contributed by atoms with Gasteiger partial charge in [0, 0.05) is 33.5 Å². The van der Waals surface area contributed by atoms with Gasteiger partial charge in [0.25, 0.3) is 0 Å². The van der Waals surface area contributed by atoms with Gasteiger partial charge in [0.15, 0.2) is 0 Å². The first-order valence-corrected chi connectivity index (χ1v) is 21.4. The molecule has 0 fully saturated rings. The predicted octanol–water partition coefficient (Wildman–Crippen LogP) is 16.8. The Balaban J connectivity index is 1.03. The topological polar surface area (TPSA) is 8.17 Å². The van der Waals surface area contributed by atoms with E-state index in [-0.39, 0.29) is 0 Å². The highest BCUT2D eigenvalue weighted by Crippen LogP contribution is 2.47. The van der Waals surface area contributed by atoms with Gasteiger partial charge in [-0.15, -0.1) is 0 Å². The molecule has 288 valence electrons. The van der Waals surface area contributed by atoms with E-state index in [1.165, 1.54) is 97.9 Å². The van der Waals surface area contributed by atoms with Crippen LogP contribution in [0.25, 0.3) is 104 Å². The third kappa shape index (κ3) is 5.23. The van der Waals surface area contributed by atoms with Crippen molar-refractivity contribution in [2.45, 2.75) is 0 Å². The molecule has 0 aliphatic heterocycles. The Kier molecular flexibility index (Phi) is 7.64. The number of para-hydroxylation sites is 3. The highest BCUT2D eigenvalue weighted by atomic mass is 15.1. The summed E-state index contributed by atoms with van der Waals surface area (Å²) >= 11 is 0. The van der Waals surface area contributed by atoms with Gasteiger partial charge < -0.3 is 9.47 Å². The molecule has 2 heteroatoms. The van der Waals surface area contributed by atoms with E-state index in [1.807, 2.05) is 0 Å². The molecule has 0 aliphatic rings. The minimum atomic E-state index is 1.12. The molecule has 0 unspecified atom stereocenters. The Morgan fingerprint density at radius 1 is 0.274 bits per heavy atom. The van der Waals surface area contributed by atoms with Crippen molar-refractivity contribution in [3.05, 3.63) is 231 Å². The summed E-state index contributed by atoms with van der Waals surface area (Å²) in [5.41, 5.74) is 11.9. The molecule has 2 nitrogen and oxygen atoms in total. The van der Waals surface area contributed by atoms with Gasteiger partial charge in [-0.3, -0.25) is 0 Å². The molecule has 0 saturated carbocycles. The van der Waals surface area contributed by atoms with Crippen LogP contribution in [-0.2, 0) is 0 Å². The molecule has 13 aromatic rings. The van der Waals surface area contributed by atoms with Gasteiger partial charge in [0.1, 0.15) is 0 Å². The zero-order chi connectivity index (χ0) is 40.7. The van der Waals surface area contributed by atoms with Crippen LogP contribution in [-0.4, -0.2) is 4.57 Å². The molecule has 0 radical (unpaired) electrons. The highest BCUT2D eigenvalue weighted by molar-refractivity contribution is 6.34. The second-order valence-corrected chi connectivity index (χ2v) is 16.5. The fourth-order valence-electron chi connectivity index (χ4n) is 10.3. The third-order valence-electron chi connectivity index (χ3n) is 13.1. The lowest BCUT2D eigenvalue weighted by atomic mass is 9.88. The second kappa shape index (κ2) is 13.7. The van der Waals surface area contributed by atoms with Crippen LogP contribution in [0.1, 0.15) is 0 Å². The molecule has 0 atom stereocenters. The van der Waals surface area contributed by atoms with Crippen LogP contribution in [0.3, 0.4) is 0 Å². The van der Waals surface area contributed by atoms with Crippen LogP contribution in [0.5, 0.6) is 0 Å². The summed E-state index contributed by atoms with van der Waals surface area (Å²) in [7, 11) is 0. The fourth-order valence-corrected chi connectivity index (χ4v) is 10.3. The molecule has 0 bridgehead atoms. The van der Waals surface area contributed by atoms with Crippen LogP contribution in [0, 0.1) is 0 Å². The van der Waals surface area contributed by atoms with Crippen molar-refractivity contribution < 1.29 is 0 Å². The number of anilines is 3. The number of hydrogen-bond acceptors (Lipinski definition) is 1. The average Bonchev–Trinajstić information content (AvgIpc) is 3.67. The molecular formula is C60H38N2. The summed E-state index contributed by atoms with van der Waals surface area (Å²) in [5.74, 6) is 0. The molecule has 0 saturated heterocycles. The van der Waals surface area contributed by atoms with E-state index >= 15 is 0 Å². The van der Waals surface area contributed by atoms with Crippen LogP contribution >= 0.6 is 0 Å². The second-order valence-electron chi connectivity index (χ2n) is 16.5. The maximum Gasteiger partial charge on any atom is 0.0553 e. The molecule has 1 aromatic heterocycles. The summed E-state index contributed by atoms with van der Waals surface area (Å²) < 4.78 is 2.46. The third-order valence-corrected chi connectivity index (χ3v) is 13.1. The van der Waals surface area contributed by atoms with E-state index in [0.717, 1.165) is 22.7 Å². The van der Waals surface area contributed by atoms with Crippen molar-refractivity contribution in [3.63, 3.8) is 0 Å². The Labute approximate surface area is 359 Å². The highest BCUT2D eigenvalue weighted by Gasteiger charge is 2.21. The lowest BCUT2D eigenvalue weighted by Crippen LogP contribution is -2.09. The minimum Gasteiger partial charge on any atom is -0.311 e. The van der Waals surface area contributed by atoms with E-state index in [2.05, 4.69) is 240 Å². The molecule has 1 heterocycles. The van der Waals surface area contributed by atoms with Gasteiger partial charge in [0.05, 0.1) is 11.0 Å². The van der Waals surface area contributed by atoms with Crippen LogP contribution < -0.4 is 4.90 Å². The van der Waals surface area contributed by atoms with E-state index in [0.29, 0.717) is 0 Å². The summed E-state index contributed by atoms with van der Waals surface area (Å²) in [6.07, 6.45) is 0. The molecule has 0 spiro atoms. The van der Waals surface area contributed by atoms with Gasteiger partial charge in [0.2, 0.25) is 0 Å². The molecule has 62 heavy (non-hydrogen) atoms. The van der Waals surface area contributed by atoms with E-state index in [1.54, 1.807) is 0 Å². The monoisotopic (exact) mass is 786 g/mol. The first kappa shape index (κ1) is 34.6. The van der Waals surface area contributed by atoms with Crippen LogP contribution in [0.2, 0.25) is 0 Å². The van der Waals surface area contributed by atoms with Gasteiger partial charge in [-0.05, 0) is 149 Å². The molecule has 12 aromatic carbocycles. The van der Waals surface area contributed by atoms with E-state index < -0.39 is 0 Å². The SMILES string of the molecule is c1ccc(N(c2ccccc2)c2ccc(-c3ccc4ccc5c6c(ccc3c46)cc3c5c4cc(-c5cc6ccccc6c6ccccc56)ccc4n3-c3ccccc3)cc2)cc1. The quantitative estimate of drug-likeness (QED) is 0.152. The van der Waals surface area contributed by atoms with E-state index in [4.69, 9.17) is 0 Å². The standard InChI is InChI=1S/C60H38N2/c1-4-15-44(16-5-1)61(45-17-6-2-7-18-45)47-30-24-39(25-31-47)49-32-26-40-27-34-53-59-43(28-33-52(49)58(40)59)38-57-60(53)55-37-42(29-35-56(55)62(57)46-19-8-3-9-20-46)54-36-41-14-10-11-21-48(41)50-22-12-13-23-51(50)54/h1-38H. The lowest BCUT2D eigenvalue weighted by molar-refractivity contribution is 1.18. The van der Waals surface area contributed by atoms with Gasteiger partial charge in [-0.25, -0.2) is 0 Å². The number of rotatable bonds is 6. The van der Waals surface area contributed by atoms with Gasteiger partial charge in [-0.1, -0.05) is 158 Å². The summed E-state index contributed by atoms with van der Waals surface area (Å²) in [6.45, 7) is 0. The van der Waals surface area contributed by atoms with Crippen molar-refractivity contribution in [2.24, 2.45) is 0 Å². The Bertz CT molecular complexity index is 3790. The molecule has 13 rings (SSSR count). The Morgan fingerprint density at radius 2 is 0.855 bits per heavy atom. The number of benzene rings is 12. The van der Waals surface area contributed by atoms with Crippen LogP contribution in [0.15, 0.2) is 231 Å². The maximum absolute atomic E-state index is 2.46. The summed E-state index contributed by atoms with van der Waals surface area (Å²) in [6, 6.07) is 84.7. The largest absolute Gasteiger partial charge is 0.311 e. The smallest absolute Gasteiger partial charge is 0.0553 e. The van der Waals surface area contributed by atoms with Gasteiger partial charge in [-0.2, -0.15) is 0 Å². The van der Waals surface area contributed by atoms with E-state index in [9.17, 15) is 0 Å². The summed E-state index contributed by atoms with van der Waals surface area (Å²) in [4.78, 5) is 2.32. The normalized spacial score (nSPS) is 11.9. The van der Waals surface area contributed by atoms with Crippen molar-refractivity contribution in [1.29, 1.82) is 0 Å². The van der Waals surface area contributed by atoms with Crippen molar-refractivity contribution in [3.8, 4) is 27.9 Å². The average molecular weight is 787 g/mol. The summed E-state index contributed by atoms with van der Waals surface area (Å²) in [5, 5.41) is 15.3. The number of aromatic nitrogens is 1. The van der Waals surface area contributed by atoms with Crippen molar-refractivity contribution in [1.82, 2.24) is 4.57 Å². The minimum absolute atomic E-state index is 1.12. The zero-order valence-electron chi connectivity index (χ0n) is 33.8. The van der Waals surface area contributed by atoms with Crippen LogP contribution in [0.4, 0.5) is 17.1 Å². The molecular weight excluding hydrogens is 749 g/mol. The number of fused-ring (bicyclic) bond motifs is 7. The molecule has 0 aliphatic carbocycles. The Morgan fingerprint density at radius 3 is 1.61 bits per heavy atom. The predicted molar refractivity (Wildman–Crippen MR) is 265 cm³/mol. The van der Waals surface area contributed by atoms with Crippen molar-refractivity contribution in [2.75, 3.05) is 4.90 Å². The number of hydrogen-bond donors (Lipinski definition) is 0.